The Balaban J connectivity index is 1.68. The predicted molar refractivity (Wildman–Crippen MR) is 78.3 cm³/mol. The zero-order chi connectivity index (χ0) is 14.8. The molecule has 0 bridgehead atoms. The van der Waals surface area contributed by atoms with Gasteiger partial charge in [0.15, 0.2) is 0 Å². The highest BCUT2D eigenvalue weighted by Gasteiger charge is 2.26. The lowest BCUT2D eigenvalue weighted by atomic mass is 10.1. The lowest BCUT2D eigenvalue weighted by Crippen LogP contribution is -2.49. The summed E-state index contributed by atoms with van der Waals surface area (Å²) >= 11 is 0. The smallest absolute Gasteiger partial charge is 0.257 e. The van der Waals surface area contributed by atoms with Gasteiger partial charge in [-0.25, -0.2) is 9.97 Å². The van der Waals surface area contributed by atoms with E-state index < -0.39 is 0 Å². The predicted octanol–water partition coefficient (Wildman–Crippen LogP) is 1.65. The molecule has 0 aromatic carbocycles. The fraction of sp³-hybridized carbons (Fsp3) is 0.400. The van der Waals surface area contributed by atoms with Gasteiger partial charge in [-0.1, -0.05) is 0 Å². The molecule has 6 heteroatoms. The van der Waals surface area contributed by atoms with Gasteiger partial charge in [-0.2, -0.15) is 0 Å². The minimum Gasteiger partial charge on any atom is -0.469 e. The Kier molecular flexibility index (Phi) is 3.60. The van der Waals surface area contributed by atoms with E-state index in [1.54, 1.807) is 24.7 Å². The van der Waals surface area contributed by atoms with Crippen LogP contribution in [0.2, 0.25) is 0 Å². The van der Waals surface area contributed by atoms with Crippen molar-refractivity contribution < 1.29 is 9.21 Å². The minimum absolute atomic E-state index is 0.0485. The van der Waals surface area contributed by atoms with E-state index in [0.29, 0.717) is 24.4 Å². The van der Waals surface area contributed by atoms with Crippen LogP contribution in [-0.4, -0.2) is 47.0 Å². The molecule has 0 spiro atoms. The molecule has 1 aliphatic heterocycles. The summed E-state index contributed by atoms with van der Waals surface area (Å²) in [5.74, 6) is 1.46. The van der Waals surface area contributed by atoms with E-state index in [2.05, 4.69) is 14.9 Å². The number of nitrogens with zero attached hydrogens (tertiary/aromatic N) is 4. The quantitative estimate of drug-likeness (QED) is 0.840. The molecule has 0 N–H and O–H groups in total. The Morgan fingerprint density at radius 3 is 2.38 bits per heavy atom. The first-order valence-corrected chi connectivity index (χ1v) is 7.03. The van der Waals surface area contributed by atoms with Gasteiger partial charge in [0.25, 0.3) is 5.91 Å². The van der Waals surface area contributed by atoms with Crippen molar-refractivity contribution in [3.8, 4) is 0 Å². The molecule has 3 rings (SSSR count). The Morgan fingerprint density at radius 2 is 1.81 bits per heavy atom. The summed E-state index contributed by atoms with van der Waals surface area (Å²) < 4.78 is 5.32. The largest absolute Gasteiger partial charge is 0.469 e. The monoisotopic (exact) mass is 286 g/mol. The Hall–Kier alpha value is -2.37. The number of carbonyl (C=O) groups is 1. The van der Waals surface area contributed by atoms with Gasteiger partial charge in [-0.05, 0) is 19.9 Å². The molecule has 0 unspecified atom stereocenters. The van der Waals surface area contributed by atoms with Crippen LogP contribution in [0.5, 0.6) is 0 Å². The van der Waals surface area contributed by atoms with Crippen LogP contribution in [0, 0.1) is 13.8 Å². The Labute approximate surface area is 123 Å². The zero-order valence-electron chi connectivity index (χ0n) is 12.2. The summed E-state index contributed by atoms with van der Waals surface area (Å²) in [5, 5.41) is 0. The zero-order valence-corrected chi connectivity index (χ0v) is 12.2. The molecule has 6 nitrogen and oxygen atoms in total. The molecular formula is C15H18N4O2. The fourth-order valence-electron chi connectivity index (χ4n) is 2.61. The van der Waals surface area contributed by atoms with E-state index in [9.17, 15) is 4.79 Å². The minimum atomic E-state index is 0.0485. The third-order valence-corrected chi connectivity index (χ3v) is 3.77. The molecule has 0 saturated carbocycles. The highest BCUT2D eigenvalue weighted by Crippen LogP contribution is 2.19. The average Bonchev–Trinajstić information content (AvgIpc) is 2.87. The van der Waals surface area contributed by atoms with Crippen molar-refractivity contribution in [3.05, 3.63) is 41.6 Å². The molecule has 1 amide bonds. The normalized spacial score (nSPS) is 15.3. The van der Waals surface area contributed by atoms with Gasteiger partial charge >= 0.3 is 0 Å². The van der Waals surface area contributed by atoms with E-state index in [1.165, 1.54) is 0 Å². The van der Waals surface area contributed by atoms with Crippen molar-refractivity contribution in [2.45, 2.75) is 13.8 Å². The van der Waals surface area contributed by atoms with Gasteiger partial charge in [-0.3, -0.25) is 4.79 Å². The first-order valence-electron chi connectivity index (χ1n) is 7.03. The summed E-state index contributed by atoms with van der Waals surface area (Å²) in [4.78, 5) is 25.0. The fourth-order valence-corrected chi connectivity index (χ4v) is 2.61. The van der Waals surface area contributed by atoms with Crippen LogP contribution in [0.4, 0.5) is 5.95 Å². The van der Waals surface area contributed by atoms with E-state index in [4.69, 9.17) is 4.42 Å². The summed E-state index contributed by atoms with van der Waals surface area (Å²) in [6, 6.07) is 1.80. The number of furan rings is 1. The second-order valence-electron chi connectivity index (χ2n) is 5.18. The number of amides is 1. The number of piperazine rings is 1. The van der Waals surface area contributed by atoms with Crippen molar-refractivity contribution in [1.82, 2.24) is 14.9 Å². The molecular weight excluding hydrogens is 268 g/mol. The van der Waals surface area contributed by atoms with Crippen molar-refractivity contribution >= 4 is 11.9 Å². The SMILES string of the molecule is Cc1coc(C)c1C(=O)N1CCN(c2ncccn2)CC1. The molecule has 1 aliphatic rings. The highest BCUT2D eigenvalue weighted by atomic mass is 16.3. The van der Waals surface area contributed by atoms with E-state index in [1.807, 2.05) is 18.7 Å². The van der Waals surface area contributed by atoms with Gasteiger partial charge in [-0.15, -0.1) is 0 Å². The van der Waals surface area contributed by atoms with Gasteiger partial charge in [0.1, 0.15) is 5.76 Å². The first-order chi connectivity index (χ1) is 10.2. The van der Waals surface area contributed by atoms with Crippen LogP contribution in [0.25, 0.3) is 0 Å². The summed E-state index contributed by atoms with van der Waals surface area (Å²) in [6.07, 6.45) is 5.10. The molecule has 3 heterocycles. The number of aryl methyl sites for hydroxylation is 2. The number of rotatable bonds is 2. The molecule has 110 valence electrons. The summed E-state index contributed by atoms with van der Waals surface area (Å²) in [6.45, 7) is 6.55. The summed E-state index contributed by atoms with van der Waals surface area (Å²) in [7, 11) is 0. The molecule has 2 aromatic heterocycles. The third kappa shape index (κ3) is 2.61. The second kappa shape index (κ2) is 5.55. The number of hydrogen-bond acceptors (Lipinski definition) is 5. The molecule has 0 radical (unpaired) electrons. The molecule has 1 saturated heterocycles. The van der Waals surface area contributed by atoms with Crippen molar-refractivity contribution in [2.24, 2.45) is 0 Å². The first kappa shape index (κ1) is 13.6. The van der Waals surface area contributed by atoms with Gasteiger partial charge in [0, 0.05) is 44.1 Å². The van der Waals surface area contributed by atoms with Crippen molar-refractivity contribution in [3.63, 3.8) is 0 Å². The van der Waals surface area contributed by atoms with Crippen LogP contribution in [0.3, 0.4) is 0 Å². The second-order valence-corrected chi connectivity index (χ2v) is 5.18. The maximum absolute atomic E-state index is 12.6. The molecule has 0 atom stereocenters. The van der Waals surface area contributed by atoms with Gasteiger partial charge in [0.2, 0.25) is 5.95 Å². The number of aromatic nitrogens is 2. The molecule has 2 aromatic rings. The number of carbonyl (C=O) groups excluding carboxylic acids is 1. The average molecular weight is 286 g/mol. The lowest BCUT2D eigenvalue weighted by Gasteiger charge is -2.34. The van der Waals surface area contributed by atoms with Crippen LogP contribution >= 0.6 is 0 Å². The van der Waals surface area contributed by atoms with Crippen LogP contribution < -0.4 is 4.90 Å². The number of hydrogen-bond donors (Lipinski definition) is 0. The van der Waals surface area contributed by atoms with E-state index in [-0.39, 0.29) is 5.91 Å². The maximum atomic E-state index is 12.6. The van der Waals surface area contributed by atoms with Gasteiger partial charge in [0.05, 0.1) is 11.8 Å². The standard InChI is InChI=1S/C15H18N4O2/c1-11-10-21-12(2)13(11)14(20)18-6-8-19(9-7-18)15-16-4-3-5-17-15/h3-5,10H,6-9H2,1-2H3. The van der Waals surface area contributed by atoms with Crippen LogP contribution in [0.1, 0.15) is 21.7 Å². The third-order valence-electron chi connectivity index (χ3n) is 3.77. The van der Waals surface area contributed by atoms with Gasteiger partial charge < -0.3 is 14.2 Å². The Morgan fingerprint density at radius 1 is 1.14 bits per heavy atom. The van der Waals surface area contributed by atoms with E-state index >= 15 is 0 Å². The Bertz CT molecular complexity index is 611. The molecule has 1 fully saturated rings. The topological polar surface area (TPSA) is 62.5 Å². The number of anilines is 1. The highest BCUT2D eigenvalue weighted by molar-refractivity contribution is 5.96. The van der Waals surface area contributed by atoms with Crippen molar-refractivity contribution in [1.29, 1.82) is 0 Å². The van der Waals surface area contributed by atoms with Crippen LogP contribution in [-0.2, 0) is 0 Å². The lowest BCUT2D eigenvalue weighted by molar-refractivity contribution is 0.0744. The molecule has 21 heavy (non-hydrogen) atoms. The van der Waals surface area contributed by atoms with Crippen LogP contribution in [0.15, 0.2) is 29.1 Å². The van der Waals surface area contributed by atoms with E-state index in [0.717, 1.165) is 24.6 Å². The van der Waals surface area contributed by atoms with Crippen molar-refractivity contribution in [2.75, 3.05) is 31.1 Å². The summed E-state index contributed by atoms with van der Waals surface area (Å²) in [5.41, 5.74) is 1.59. The maximum Gasteiger partial charge on any atom is 0.257 e. The molecule has 0 aliphatic carbocycles.